The van der Waals surface area contributed by atoms with Crippen LogP contribution in [0.3, 0.4) is 0 Å². The van der Waals surface area contributed by atoms with Gasteiger partial charge in [0.25, 0.3) is 0 Å². The summed E-state index contributed by atoms with van der Waals surface area (Å²) in [7, 11) is 0. The first kappa shape index (κ1) is 13.0. The van der Waals surface area contributed by atoms with E-state index in [1.54, 1.807) is 12.1 Å². The van der Waals surface area contributed by atoms with Gasteiger partial charge in [-0.05, 0) is 38.5 Å². The zero-order chi connectivity index (χ0) is 12.3. The second-order valence-corrected chi connectivity index (χ2v) is 4.30. The first-order valence-corrected chi connectivity index (χ1v) is 5.43. The van der Waals surface area contributed by atoms with E-state index in [9.17, 15) is 9.90 Å². The molecule has 1 N–H and O–H groups in total. The number of Topliss-reactive ketones (excluding diaryl/α,β-unsaturated/α-hetero) is 1. The van der Waals surface area contributed by atoms with E-state index in [1.807, 2.05) is 13.8 Å². The summed E-state index contributed by atoms with van der Waals surface area (Å²) in [6.45, 7) is 5.61. The average molecular weight is 243 g/mol. The van der Waals surface area contributed by atoms with Gasteiger partial charge in [-0.25, -0.2) is 0 Å². The molecule has 0 saturated carbocycles. The van der Waals surface area contributed by atoms with Gasteiger partial charge in [0.05, 0.1) is 23.3 Å². The molecule has 0 amide bonds. The summed E-state index contributed by atoms with van der Waals surface area (Å²) in [6.07, 6.45) is 0.105. The van der Waals surface area contributed by atoms with Crippen molar-refractivity contribution < 1.29 is 14.6 Å². The molecule has 3 nitrogen and oxygen atoms in total. The van der Waals surface area contributed by atoms with Gasteiger partial charge in [-0.2, -0.15) is 0 Å². The van der Waals surface area contributed by atoms with Crippen LogP contribution in [0.4, 0.5) is 0 Å². The molecule has 0 aromatic heterocycles. The fourth-order valence-electron chi connectivity index (χ4n) is 1.27. The molecular formula is C12H15ClO3. The molecule has 88 valence electrons. The largest absolute Gasteiger partial charge is 0.506 e. The highest BCUT2D eigenvalue weighted by Crippen LogP contribution is 2.29. The van der Waals surface area contributed by atoms with E-state index in [2.05, 4.69) is 0 Å². The maximum atomic E-state index is 11.2. The van der Waals surface area contributed by atoms with Crippen molar-refractivity contribution in [1.82, 2.24) is 0 Å². The lowest BCUT2D eigenvalue weighted by atomic mass is 10.1. The summed E-state index contributed by atoms with van der Waals surface area (Å²) in [5.74, 6) is -0.381. The minimum absolute atomic E-state index is 0.105. The molecule has 0 unspecified atom stereocenters. The molecule has 0 aliphatic rings. The van der Waals surface area contributed by atoms with E-state index < -0.39 is 0 Å². The van der Waals surface area contributed by atoms with Crippen LogP contribution < -0.4 is 0 Å². The Labute approximate surface area is 100.0 Å². The van der Waals surface area contributed by atoms with Gasteiger partial charge in [0.2, 0.25) is 0 Å². The van der Waals surface area contributed by atoms with Crippen LogP contribution in [0.25, 0.3) is 0 Å². The molecule has 1 aromatic carbocycles. The molecular weight excluding hydrogens is 228 g/mol. The number of hydrogen-bond acceptors (Lipinski definition) is 3. The number of halogens is 1. The Kier molecular flexibility index (Phi) is 4.33. The minimum atomic E-state index is -0.217. The van der Waals surface area contributed by atoms with Crippen molar-refractivity contribution in [1.29, 1.82) is 0 Å². The van der Waals surface area contributed by atoms with Gasteiger partial charge in [0, 0.05) is 0 Å². The Morgan fingerprint density at radius 2 is 2.12 bits per heavy atom. The quantitative estimate of drug-likeness (QED) is 0.825. The van der Waals surface area contributed by atoms with Crippen molar-refractivity contribution in [2.75, 3.05) is 0 Å². The van der Waals surface area contributed by atoms with Crippen LogP contribution in [0, 0.1) is 0 Å². The smallest absolute Gasteiger partial charge is 0.163 e. The van der Waals surface area contributed by atoms with Crippen molar-refractivity contribution in [3.63, 3.8) is 0 Å². The van der Waals surface area contributed by atoms with Crippen LogP contribution >= 0.6 is 11.6 Å². The van der Waals surface area contributed by atoms with Crippen LogP contribution in [0.2, 0.25) is 5.02 Å². The Hall–Kier alpha value is -1.06. The zero-order valence-corrected chi connectivity index (χ0v) is 10.3. The van der Waals surface area contributed by atoms with Gasteiger partial charge in [-0.1, -0.05) is 11.6 Å². The number of carbonyl (C=O) groups excluding carboxylic acids is 1. The van der Waals surface area contributed by atoms with Gasteiger partial charge in [0.15, 0.2) is 5.78 Å². The third-order valence-electron chi connectivity index (χ3n) is 2.09. The Morgan fingerprint density at radius 1 is 1.50 bits per heavy atom. The number of phenolic OH excluding ortho intramolecular Hbond substituents is 1. The number of rotatable bonds is 4. The molecule has 0 spiro atoms. The topological polar surface area (TPSA) is 46.5 Å². The van der Waals surface area contributed by atoms with E-state index in [1.165, 1.54) is 6.92 Å². The molecule has 1 rings (SSSR count). The standard InChI is InChI=1S/C12H15ClO3/c1-7(2)16-6-9-4-10(8(3)14)12(15)11(13)5-9/h4-5,7,15H,6H2,1-3H3. The minimum Gasteiger partial charge on any atom is -0.506 e. The molecule has 4 heteroatoms. The Balaban J connectivity index is 3.00. The lowest BCUT2D eigenvalue weighted by Crippen LogP contribution is -2.03. The molecule has 0 bridgehead atoms. The summed E-state index contributed by atoms with van der Waals surface area (Å²) < 4.78 is 5.41. The van der Waals surface area contributed by atoms with Crippen molar-refractivity contribution in [2.24, 2.45) is 0 Å². The summed E-state index contributed by atoms with van der Waals surface area (Å²) in [4.78, 5) is 11.2. The molecule has 0 aliphatic carbocycles. The number of carbonyl (C=O) groups is 1. The van der Waals surface area contributed by atoms with Crippen molar-refractivity contribution >= 4 is 17.4 Å². The highest BCUT2D eigenvalue weighted by molar-refractivity contribution is 6.32. The number of hydrogen-bond donors (Lipinski definition) is 1. The summed E-state index contributed by atoms with van der Waals surface area (Å²) in [5, 5.41) is 9.75. The maximum absolute atomic E-state index is 11.2. The van der Waals surface area contributed by atoms with Crippen LogP contribution in [-0.4, -0.2) is 17.0 Å². The highest BCUT2D eigenvalue weighted by atomic mass is 35.5. The Morgan fingerprint density at radius 3 is 2.62 bits per heavy atom. The Bertz CT molecular complexity index is 399. The third-order valence-corrected chi connectivity index (χ3v) is 2.37. The second kappa shape index (κ2) is 5.32. The molecule has 0 saturated heterocycles. The summed E-state index contributed by atoms with van der Waals surface area (Å²) in [5.41, 5.74) is 1.01. The van der Waals surface area contributed by atoms with Crippen molar-refractivity contribution in [3.05, 3.63) is 28.3 Å². The molecule has 1 aromatic rings. The van der Waals surface area contributed by atoms with Crippen LogP contribution in [0.15, 0.2) is 12.1 Å². The first-order valence-electron chi connectivity index (χ1n) is 5.05. The average Bonchev–Trinajstić information content (AvgIpc) is 2.19. The summed E-state index contributed by atoms with van der Waals surface area (Å²) >= 11 is 5.82. The predicted molar refractivity (Wildman–Crippen MR) is 63.0 cm³/mol. The van der Waals surface area contributed by atoms with Crippen LogP contribution in [0.5, 0.6) is 5.75 Å². The van der Waals surface area contributed by atoms with E-state index in [4.69, 9.17) is 16.3 Å². The highest BCUT2D eigenvalue weighted by Gasteiger charge is 2.12. The van der Waals surface area contributed by atoms with Crippen molar-refractivity contribution in [3.8, 4) is 5.75 Å². The number of ether oxygens (including phenoxy) is 1. The van der Waals surface area contributed by atoms with E-state index in [-0.39, 0.29) is 28.2 Å². The zero-order valence-electron chi connectivity index (χ0n) is 9.58. The maximum Gasteiger partial charge on any atom is 0.163 e. The lowest BCUT2D eigenvalue weighted by Gasteiger charge is -2.10. The summed E-state index contributed by atoms with van der Waals surface area (Å²) in [6, 6.07) is 3.21. The normalized spacial score (nSPS) is 10.8. The fraction of sp³-hybridized carbons (Fsp3) is 0.417. The number of benzene rings is 1. The van der Waals surface area contributed by atoms with Gasteiger partial charge >= 0.3 is 0 Å². The molecule has 16 heavy (non-hydrogen) atoms. The molecule has 0 atom stereocenters. The van der Waals surface area contributed by atoms with E-state index >= 15 is 0 Å². The number of aromatic hydroxyl groups is 1. The van der Waals surface area contributed by atoms with Gasteiger partial charge in [0.1, 0.15) is 5.75 Å². The van der Waals surface area contributed by atoms with Crippen LogP contribution in [-0.2, 0) is 11.3 Å². The predicted octanol–water partition coefficient (Wildman–Crippen LogP) is 3.17. The lowest BCUT2D eigenvalue weighted by molar-refractivity contribution is 0.0656. The monoisotopic (exact) mass is 242 g/mol. The van der Waals surface area contributed by atoms with Crippen LogP contribution in [0.1, 0.15) is 36.7 Å². The second-order valence-electron chi connectivity index (χ2n) is 3.89. The van der Waals surface area contributed by atoms with E-state index in [0.29, 0.717) is 6.61 Å². The molecule has 0 heterocycles. The van der Waals surface area contributed by atoms with Gasteiger partial charge in [-0.15, -0.1) is 0 Å². The fourth-order valence-corrected chi connectivity index (χ4v) is 1.51. The van der Waals surface area contributed by atoms with Gasteiger partial charge in [-0.3, -0.25) is 4.79 Å². The van der Waals surface area contributed by atoms with E-state index in [0.717, 1.165) is 5.56 Å². The van der Waals surface area contributed by atoms with Gasteiger partial charge < -0.3 is 9.84 Å². The van der Waals surface area contributed by atoms with Crippen molar-refractivity contribution in [2.45, 2.75) is 33.5 Å². The number of ketones is 1. The number of phenols is 1. The third kappa shape index (κ3) is 3.22. The first-order chi connectivity index (χ1) is 7.41. The molecule has 0 fully saturated rings. The SMILES string of the molecule is CC(=O)c1cc(COC(C)C)cc(Cl)c1O. The molecule has 0 radical (unpaired) electrons. The molecule has 0 aliphatic heterocycles.